The average Bonchev–Trinajstić information content (AvgIpc) is 2.70. The number of urea groups is 1. The van der Waals surface area contributed by atoms with Crippen LogP contribution in [-0.4, -0.2) is 65.7 Å². The zero-order valence-corrected chi connectivity index (χ0v) is 18.8. The van der Waals surface area contributed by atoms with Crippen molar-refractivity contribution in [2.45, 2.75) is 58.6 Å². The van der Waals surface area contributed by atoms with Gasteiger partial charge >= 0.3 is 12.1 Å². The summed E-state index contributed by atoms with van der Waals surface area (Å²) in [5.41, 5.74) is 5.56. The number of carbonyl (C=O) groups is 3. The highest BCUT2D eigenvalue weighted by atomic mass is 16.6. The molecule has 4 N–H and O–H groups in total. The fourth-order valence-corrected chi connectivity index (χ4v) is 3.18. The summed E-state index contributed by atoms with van der Waals surface area (Å²) < 4.78 is 5.42. The summed E-state index contributed by atoms with van der Waals surface area (Å²) in [6, 6.07) is 2.16. The average molecular weight is 435 g/mol. The number of nitrogens with two attached hydrogens (primary N) is 1. The van der Waals surface area contributed by atoms with Crippen LogP contribution in [0.4, 0.5) is 21.1 Å². The van der Waals surface area contributed by atoms with Gasteiger partial charge in [0.2, 0.25) is 5.91 Å². The number of nitrogens with one attached hydrogen (secondary N) is 2. The number of nitrogens with zero attached hydrogens (tertiary/aromatic N) is 3. The number of amides is 4. The van der Waals surface area contributed by atoms with Crippen LogP contribution in [0.1, 0.15) is 47.0 Å². The number of anilines is 2. The second-order valence-corrected chi connectivity index (χ2v) is 8.55. The van der Waals surface area contributed by atoms with E-state index >= 15 is 0 Å². The predicted molar refractivity (Wildman–Crippen MR) is 119 cm³/mol. The third-order valence-corrected chi connectivity index (χ3v) is 4.77. The van der Waals surface area contributed by atoms with Gasteiger partial charge in [-0.05, 0) is 39.3 Å². The molecule has 1 aromatic heterocycles. The molecule has 10 heteroatoms. The van der Waals surface area contributed by atoms with Crippen molar-refractivity contribution >= 4 is 29.5 Å². The minimum Gasteiger partial charge on any atom is -0.444 e. The van der Waals surface area contributed by atoms with Gasteiger partial charge in [-0.25, -0.2) is 14.6 Å². The molecule has 1 unspecified atom stereocenters. The summed E-state index contributed by atoms with van der Waals surface area (Å²) in [7, 11) is 0. The van der Waals surface area contributed by atoms with E-state index in [4.69, 9.17) is 10.5 Å². The van der Waals surface area contributed by atoms with Crippen molar-refractivity contribution in [1.29, 1.82) is 0 Å². The Morgan fingerprint density at radius 3 is 2.39 bits per heavy atom. The molecule has 0 saturated carbocycles. The molecule has 10 nitrogen and oxygen atoms in total. The summed E-state index contributed by atoms with van der Waals surface area (Å²) in [5, 5.41) is 5.20. The van der Waals surface area contributed by atoms with Crippen LogP contribution in [0.2, 0.25) is 0 Å². The number of hydrogen-bond acceptors (Lipinski definition) is 6. The topological polar surface area (TPSA) is 130 Å². The van der Waals surface area contributed by atoms with Gasteiger partial charge in [0.05, 0.1) is 11.9 Å². The van der Waals surface area contributed by atoms with Gasteiger partial charge in [-0.2, -0.15) is 0 Å². The first-order valence-corrected chi connectivity index (χ1v) is 10.6. The molecule has 31 heavy (non-hydrogen) atoms. The van der Waals surface area contributed by atoms with Crippen LogP contribution in [0.5, 0.6) is 0 Å². The molecule has 1 fully saturated rings. The lowest BCUT2D eigenvalue weighted by Gasteiger charge is -2.36. The molecule has 0 spiro atoms. The van der Waals surface area contributed by atoms with E-state index in [-0.39, 0.29) is 12.0 Å². The quantitative estimate of drug-likeness (QED) is 0.604. The second-order valence-electron chi connectivity index (χ2n) is 8.55. The van der Waals surface area contributed by atoms with Gasteiger partial charge in [0.15, 0.2) is 0 Å². The summed E-state index contributed by atoms with van der Waals surface area (Å²) in [6.07, 6.45) is 3.58. The molecule has 1 aliphatic heterocycles. The Kier molecular flexibility index (Phi) is 8.47. The van der Waals surface area contributed by atoms with Crippen molar-refractivity contribution in [2.75, 3.05) is 36.4 Å². The molecule has 2 heterocycles. The number of pyridine rings is 1. The van der Waals surface area contributed by atoms with Crippen molar-refractivity contribution in [3.63, 3.8) is 0 Å². The molecule has 0 radical (unpaired) electrons. The Morgan fingerprint density at radius 1 is 1.19 bits per heavy atom. The van der Waals surface area contributed by atoms with Crippen molar-refractivity contribution in [3.05, 3.63) is 18.3 Å². The Balaban J connectivity index is 1.90. The van der Waals surface area contributed by atoms with Crippen LogP contribution in [0.25, 0.3) is 0 Å². The van der Waals surface area contributed by atoms with Gasteiger partial charge in [0.25, 0.3) is 0 Å². The minimum atomic E-state index is -0.731. The molecule has 1 aromatic rings. The second kappa shape index (κ2) is 10.8. The number of ether oxygens (including phenoxy) is 1. The molecule has 4 amide bonds. The standard InChI is InChI=1S/C21H34N6O4/c1-5-6-7-16(24-19(22)29)18(28)25-17-9-8-15(14-23-17)26-10-12-27(13-11-26)20(30)31-21(2,3)4/h8-9,14,16H,5-7,10-13H2,1-4H3,(H3,22,24,29)(H,23,25,28). The summed E-state index contributed by atoms with van der Waals surface area (Å²) in [6.45, 7) is 10.0. The van der Waals surface area contributed by atoms with E-state index in [1.807, 2.05) is 33.8 Å². The SMILES string of the molecule is CCCCC(NC(N)=O)C(=O)Nc1ccc(N2CCN(C(=O)OC(C)(C)C)CC2)cn1. The van der Waals surface area contributed by atoms with Gasteiger partial charge in [0, 0.05) is 26.2 Å². The molecule has 0 aromatic carbocycles. The van der Waals surface area contributed by atoms with E-state index in [0.717, 1.165) is 18.5 Å². The molecular formula is C21H34N6O4. The lowest BCUT2D eigenvalue weighted by molar-refractivity contribution is -0.118. The Hall–Kier alpha value is -3.04. The molecule has 1 atom stereocenters. The minimum absolute atomic E-state index is 0.300. The van der Waals surface area contributed by atoms with Gasteiger partial charge in [-0.15, -0.1) is 0 Å². The highest BCUT2D eigenvalue weighted by molar-refractivity contribution is 5.96. The maximum absolute atomic E-state index is 12.5. The lowest BCUT2D eigenvalue weighted by Crippen LogP contribution is -2.50. The molecule has 172 valence electrons. The fraction of sp³-hybridized carbons (Fsp3) is 0.619. The number of hydrogen-bond donors (Lipinski definition) is 3. The lowest BCUT2D eigenvalue weighted by atomic mass is 10.1. The molecule has 2 rings (SSSR count). The number of rotatable bonds is 7. The van der Waals surface area contributed by atoms with E-state index < -0.39 is 17.7 Å². The summed E-state index contributed by atoms with van der Waals surface area (Å²) in [5.74, 6) is 0.0485. The van der Waals surface area contributed by atoms with Crippen molar-refractivity contribution in [3.8, 4) is 0 Å². The van der Waals surface area contributed by atoms with Crippen molar-refractivity contribution in [1.82, 2.24) is 15.2 Å². The zero-order chi connectivity index (χ0) is 23.0. The van der Waals surface area contributed by atoms with E-state index in [9.17, 15) is 14.4 Å². The van der Waals surface area contributed by atoms with Gasteiger partial charge < -0.3 is 30.9 Å². The monoisotopic (exact) mass is 434 g/mol. The number of primary amides is 1. The maximum Gasteiger partial charge on any atom is 0.410 e. The summed E-state index contributed by atoms with van der Waals surface area (Å²) >= 11 is 0. The number of aromatic nitrogens is 1. The molecule has 0 bridgehead atoms. The Labute approximate surface area is 183 Å². The van der Waals surface area contributed by atoms with Crippen LogP contribution < -0.4 is 21.3 Å². The Bertz CT molecular complexity index is 754. The van der Waals surface area contributed by atoms with Crippen LogP contribution >= 0.6 is 0 Å². The first-order chi connectivity index (χ1) is 14.6. The maximum atomic E-state index is 12.5. The van der Waals surface area contributed by atoms with Crippen molar-refractivity contribution in [2.24, 2.45) is 5.73 Å². The first kappa shape index (κ1) is 24.2. The van der Waals surface area contributed by atoms with Crippen LogP contribution in [0, 0.1) is 0 Å². The fourth-order valence-electron chi connectivity index (χ4n) is 3.18. The van der Waals surface area contributed by atoms with Crippen molar-refractivity contribution < 1.29 is 19.1 Å². The number of piperazine rings is 1. The Morgan fingerprint density at radius 2 is 1.87 bits per heavy atom. The highest BCUT2D eigenvalue weighted by Crippen LogP contribution is 2.19. The van der Waals surface area contributed by atoms with Crippen LogP contribution in [0.15, 0.2) is 18.3 Å². The van der Waals surface area contributed by atoms with Crippen LogP contribution in [-0.2, 0) is 9.53 Å². The summed E-state index contributed by atoms with van der Waals surface area (Å²) in [4.78, 5) is 43.9. The van der Waals surface area contributed by atoms with E-state index in [0.29, 0.717) is 38.4 Å². The van der Waals surface area contributed by atoms with E-state index in [2.05, 4.69) is 20.5 Å². The molecule has 1 saturated heterocycles. The van der Waals surface area contributed by atoms with Gasteiger partial charge in [-0.1, -0.05) is 19.8 Å². The number of unbranched alkanes of at least 4 members (excludes halogenated alkanes) is 1. The zero-order valence-electron chi connectivity index (χ0n) is 18.8. The largest absolute Gasteiger partial charge is 0.444 e. The van der Waals surface area contributed by atoms with E-state index in [1.165, 1.54) is 0 Å². The third-order valence-electron chi connectivity index (χ3n) is 4.77. The molecule has 0 aliphatic carbocycles. The van der Waals surface area contributed by atoms with Crippen LogP contribution in [0.3, 0.4) is 0 Å². The highest BCUT2D eigenvalue weighted by Gasteiger charge is 2.26. The molecular weight excluding hydrogens is 400 g/mol. The smallest absolute Gasteiger partial charge is 0.410 e. The normalized spacial score (nSPS) is 15.2. The van der Waals surface area contributed by atoms with Gasteiger partial charge in [-0.3, -0.25) is 4.79 Å². The van der Waals surface area contributed by atoms with Gasteiger partial charge in [0.1, 0.15) is 17.5 Å². The third kappa shape index (κ3) is 7.95. The first-order valence-electron chi connectivity index (χ1n) is 10.6. The predicted octanol–water partition coefficient (Wildman–Crippen LogP) is 2.30. The number of carbonyl (C=O) groups excluding carboxylic acids is 3. The molecule has 1 aliphatic rings. The van der Waals surface area contributed by atoms with E-state index in [1.54, 1.807) is 17.2 Å².